The minimum Gasteiger partial charge on any atom is -0.330 e. The smallest absolute Gasteiger partial charge is 0.229 e. The molecule has 0 saturated heterocycles. The summed E-state index contributed by atoms with van der Waals surface area (Å²) in [7, 11) is 0. The lowest BCUT2D eigenvalue weighted by Crippen LogP contribution is -2.29. The summed E-state index contributed by atoms with van der Waals surface area (Å²) >= 11 is 1.53. The Kier molecular flexibility index (Phi) is 3.72. The van der Waals surface area contributed by atoms with E-state index in [4.69, 9.17) is 5.73 Å². The molecule has 3 rings (SSSR count). The quantitative estimate of drug-likeness (QED) is 0.913. The molecule has 2 aromatic rings. The maximum absolute atomic E-state index is 12.3. The fraction of sp³-hybridized carbons (Fsp3) is 0.467. The fourth-order valence-corrected chi connectivity index (χ4v) is 3.91. The van der Waals surface area contributed by atoms with Gasteiger partial charge < -0.3 is 11.1 Å². The highest BCUT2D eigenvalue weighted by molar-refractivity contribution is 7.22. The van der Waals surface area contributed by atoms with Crippen LogP contribution in [0.15, 0.2) is 18.2 Å². The summed E-state index contributed by atoms with van der Waals surface area (Å²) in [6.45, 7) is 2.65. The number of carbonyl (C=O) groups is 1. The molecule has 1 heterocycles. The van der Waals surface area contributed by atoms with Crippen molar-refractivity contribution in [2.75, 3.05) is 11.9 Å². The van der Waals surface area contributed by atoms with Gasteiger partial charge in [0.05, 0.1) is 10.2 Å². The summed E-state index contributed by atoms with van der Waals surface area (Å²) in [5.74, 6) is 0.453. The number of fused-ring (bicyclic) bond motifs is 1. The van der Waals surface area contributed by atoms with Crippen LogP contribution in [0.1, 0.15) is 24.8 Å². The van der Waals surface area contributed by atoms with E-state index in [1.165, 1.54) is 16.9 Å². The standard InChI is InChI=1S/C15H19N3OS/c1-9-5-6-12-13(7-9)20-15(17-12)18-14(19)11-4-2-3-10(11)8-16/h5-7,10-11H,2-4,8,16H2,1H3,(H,17,18,19)/t10-,11-/m1/s1. The summed E-state index contributed by atoms with van der Waals surface area (Å²) in [6.07, 6.45) is 3.10. The molecule has 3 N–H and O–H groups in total. The largest absolute Gasteiger partial charge is 0.330 e. The number of amides is 1. The van der Waals surface area contributed by atoms with E-state index in [1.54, 1.807) is 0 Å². The van der Waals surface area contributed by atoms with E-state index in [-0.39, 0.29) is 11.8 Å². The number of aryl methyl sites for hydroxylation is 1. The second-order valence-corrected chi connectivity index (χ2v) is 6.54. The van der Waals surface area contributed by atoms with Crippen molar-refractivity contribution in [2.24, 2.45) is 17.6 Å². The van der Waals surface area contributed by atoms with Gasteiger partial charge in [0.1, 0.15) is 0 Å². The number of benzene rings is 1. The molecule has 0 bridgehead atoms. The van der Waals surface area contributed by atoms with Gasteiger partial charge in [0.2, 0.25) is 5.91 Å². The molecule has 4 nitrogen and oxygen atoms in total. The van der Waals surface area contributed by atoms with Gasteiger partial charge in [-0.3, -0.25) is 4.79 Å². The zero-order valence-electron chi connectivity index (χ0n) is 11.6. The Morgan fingerprint density at radius 1 is 1.50 bits per heavy atom. The minimum absolute atomic E-state index is 0.0498. The van der Waals surface area contributed by atoms with E-state index >= 15 is 0 Å². The van der Waals surface area contributed by atoms with Crippen LogP contribution in [0.4, 0.5) is 5.13 Å². The van der Waals surface area contributed by atoms with Crippen LogP contribution < -0.4 is 11.1 Å². The first-order chi connectivity index (χ1) is 9.67. The van der Waals surface area contributed by atoms with Crippen molar-refractivity contribution in [3.05, 3.63) is 23.8 Å². The lowest BCUT2D eigenvalue weighted by Gasteiger charge is -2.16. The molecule has 1 saturated carbocycles. The Balaban J connectivity index is 1.77. The molecular weight excluding hydrogens is 270 g/mol. The van der Waals surface area contributed by atoms with Gasteiger partial charge in [-0.1, -0.05) is 23.8 Å². The Bertz CT molecular complexity index is 637. The number of nitrogens with one attached hydrogen (secondary N) is 1. The van der Waals surface area contributed by atoms with Crippen molar-refractivity contribution < 1.29 is 4.79 Å². The molecule has 0 aliphatic heterocycles. The molecule has 20 heavy (non-hydrogen) atoms. The van der Waals surface area contributed by atoms with Gasteiger partial charge in [0.25, 0.3) is 0 Å². The second kappa shape index (κ2) is 5.50. The molecule has 0 radical (unpaired) electrons. The molecule has 0 spiro atoms. The number of nitrogens with zero attached hydrogens (tertiary/aromatic N) is 1. The average Bonchev–Trinajstić information content (AvgIpc) is 3.03. The van der Waals surface area contributed by atoms with E-state index in [0.717, 1.165) is 29.5 Å². The summed E-state index contributed by atoms with van der Waals surface area (Å²) < 4.78 is 1.11. The van der Waals surface area contributed by atoms with Crippen LogP contribution in [0, 0.1) is 18.8 Å². The van der Waals surface area contributed by atoms with Gasteiger partial charge in [-0.2, -0.15) is 0 Å². The van der Waals surface area contributed by atoms with Crippen molar-refractivity contribution in [1.82, 2.24) is 4.98 Å². The summed E-state index contributed by atoms with van der Waals surface area (Å²) in [6, 6.07) is 6.13. The Morgan fingerprint density at radius 3 is 3.15 bits per heavy atom. The molecule has 1 fully saturated rings. The van der Waals surface area contributed by atoms with E-state index in [1.807, 2.05) is 12.1 Å². The highest BCUT2D eigenvalue weighted by atomic mass is 32.1. The second-order valence-electron chi connectivity index (χ2n) is 5.51. The zero-order chi connectivity index (χ0) is 14.1. The van der Waals surface area contributed by atoms with Gasteiger partial charge in [-0.25, -0.2) is 4.98 Å². The first-order valence-corrected chi connectivity index (χ1v) is 7.87. The minimum atomic E-state index is 0.0498. The van der Waals surface area contributed by atoms with Crippen LogP contribution in [0.5, 0.6) is 0 Å². The molecule has 1 aliphatic carbocycles. The number of hydrogen-bond acceptors (Lipinski definition) is 4. The maximum Gasteiger partial charge on any atom is 0.229 e. The predicted molar refractivity (Wildman–Crippen MR) is 82.9 cm³/mol. The molecule has 1 amide bonds. The first kappa shape index (κ1) is 13.5. The van der Waals surface area contributed by atoms with Crippen LogP contribution in [0.2, 0.25) is 0 Å². The Hall–Kier alpha value is -1.46. The van der Waals surface area contributed by atoms with Crippen LogP contribution >= 0.6 is 11.3 Å². The number of anilines is 1. The highest BCUT2D eigenvalue weighted by Crippen LogP contribution is 2.33. The van der Waals surface area contributed by atoms with Gasteiger partial charge in [-0.05, 0) is 49.9 Å². The van der Waals surface area contributed by atoms with Gasteiger partial charge in [-0.15, -0.1) is 0 Å². The Labute approximate surface area is 122 Å². The fourth-order valence-electron chi connectivity index (χ4n) is 2.95. The third kappa shape index (κ3) is 2.55. The molecule has 1 aromatic carbocycles. The summed E-state index contributed by atoms with van der Waals surface area (Å²) in [4.78, 5) is 16.8. The highest BCUT2D eigenvalue weighted by Gasteiger charge is 2.32. The van der Waals surface area contributed by atoms with E-state index in [0.29, 0.717) is 17.6 Å². The zero-order valence-corrected chi connectivity index (χ0v) is 12.4. The third-order valence-corrected chi connectivity index (χ3v) is 5.01. The predicted octanol–water partition coefficient (Wildman–Crippen LogP) is 2.92. The van der Waals surface area contributed by atoms with Gasteiger partial charge in [0, 0.05) is 5.92 Å². The van der Waals surface area contributed by atoms with Gasteiger partial charge >= 0.3 is 0 Å². The maximum atomic E-state index is 12.3. The normalized spacial score (nSPS) is 22.3. The molecule has 2 atom stereocenters. The SMILES string of the molecule is Cc1ccc2nc(NC(=O)[C@@H]3CCC[C@@H]3CN)sc2c1. The van der Waals surface area contributed by atoms with Crippen molar-refractivity contribution in [2.45, 2.75) is 26.2 Å². The lowest BCUT2D eigenvalue weighted by molar-refractivity contribution is -0.120. The van der Waals surface area contributed by atoms with Crippen molar-refractivity contribution in [3.63, 3.8) is 0 Å². The molecular formula is C15H19N3OS. The van der Waals surface area contributed by atoms with Crippen molar-refractivity contribution in [3.8, 4) is 0 Å². The third-order valence-electron chi connectivity index (χ3n) is 4.07. The topological polar surface area (TPSA) is 68.0 Å². The number of thiazole rings is 1. The lowest BCUT2D eigenvalue weighted by atomic mass is 9.95. The van der Waals surface area contributed by atoms with E-state index < -0.39 is 0 Å². The molecule has 1 aliphatic rings. The molecule has 1 aromatic heterocycles. The monoisotopic (exact) mass is 289 g/mol. The Morgan fingerprint density at radius 2 is 2.35 bits per heavy atom. The average molecular weight is 289 g/mol. The van der Waals surface area contributed by atoms with E-state index in [9.17, 15) is 4.79 Å². The van der Waals surface area contributed by atoms with Crippen molar-refractivity contribution in [1.29, 1.82) is 0 Å². The molecule has 0 unspecified atom stereocenters. The summed E-state index contributed by atoms with van der Waals surface area (Å²) in [5, 5.41) is 3.66. The number of nitrogens with two attached hydrogens (primary N) is 1. The summed E-state index contributed by atoms with van der Waals surface area (Å²) in [5.41, 5.74) is 7.89. The van der Waals surface area contributed by atoms with Crippen LogP contribution in [0.25, 0.3) is 10.2 Å². The van der Waals surface area contributed by atoms with Crippen molar-refractivity contribution >= 4 is 32.6 Å². The van der Waals surface area contributed by atoms with E-state index in [2.05, 4.69) is 23.3 Å². The number of hydrogen-bond donors (Lipinski definition) is 2. The number of aromatic nitrogens is 1. The molecule has 106 valence electrons. The van der Waals surface area contributed by atoms with Crippen LogP contribution in [-0.4, -0.2) is 17.4 Å². The number of rotatable bonds is 3. The first-order valence-electron chi connectivity index (χ1n) is 7.05. The molecule has 5 heteroatoms. The van der Waals surface area contributed by atoms with Crippen LogP contribution in [0.3, 0.4) is 0 Å². The number of carbonyl (C=O) groups excluding carboxylic acids is 1. The van der Waals surface area contributed by atoms with Gasteiger partial charge in [0.15, 0.2) is 5.13 Å². The van der Waals surface area contributed by atoms with Crippen LogP contribution in [-0.2, 0) is 4.79 Å².